The quantitative estimate of drug-likeness (QED) is 0.713. The van der Waals surface area contributed by atoms with Crippen LogP contribution in [0, 0.1) is 0 Å². The van der Waals surface area contributed by atoms with Gasteiger partial charge in [-0.2, -0.15) is 0 Å². The van der Waals surface area contributed by atoms with E-state index in [2.05, 4.69) is 4.98 Å². The standard InChI is InChI=1S/C15H12N2O/c1-17-14-8-3-2-7-12(14)13(15(17)18)10-11-6-4-5-9-16-11/h2-10H,1H3. The van der Waals surface area contributed by atoms with Gasteiger partial charge in [-0.15, -0.1) is 0 Å². The van der Waals surface area contributed by atoms with Gasteiger partial charge in [-0.05, 0) is 24.3 Å². The number of rotatable bonds is 1. The molecule has 0 unspecified atom stereocenters. The number of benzene rings is 1. The highest BCUT2D eigenvalue weighted by atomic mass is 16.2. The molecule has 0 atom stereocenters. The van der Waals surface area contributed by atoms with Crippen LogP contribution in [0.5, 0.6) is 0 Å². The highest BCUT2D eigenvalue weighted by Gasteiger charge is 2.28. The van der Waals surface area contributed by atoms with E-state index in [0.717, 1.165) is 16.9 Å². The van der Waals surface area contributed by atoms with Crippen LogP contribution in [-0.2, 0) is 4.79 Å². The molecule has 18 heavy (non-hydrogen) atoms. The maximum Gasteiger partial charge on any atom is 0.258 e. The van der Waals surface area contributed by atoms with Crippen molar-refractivity contribution in [3.8, 4) is 0 Å². The van der Waals surface area contributed by atoms with Crippen LogP contribution in [0.4, 0.5) is 5.69 Å². The van der Waals surface area contributed by atoms with E-state index >= 15 is 0 Å². The van der Waals surface area contributed by atoms with Crippen LogP contribution in [0.2, 0.25) is 0 Å². The van der Waals surface area contributed by atoms with Gasteiger partial charge in [0.15, 0.2) is 0 Å². The number of hydrogen-bond acceptors (Lipinski definition) is 2. The number of nitrogens with zero attached hydrogens (tertiary/aromatic N) is 2. The maximum absolute atomic E-state index is 12.2. The topological polar surface area (TPSA) is 33.2 Å². The summed E-state index contributed by atoms with van der Waals surface area (Å²) in [4.78, 5) is 18.1. The average molecular weight is 236 g/mol. The first-order valence-corrected chi connectivity index (χ1v) is 5.77. The lowest BCUT2D eigenvalue weighted by Crippen LogP contribution is -2.20. The first kappa shape index (κ1) is 10.7. The van der Waals surface area contributed by atoms with Crippen LogP contribution in [-0.4, -0.2) is 17.9 Å². The molecule has 3 rings (SSSR count). The Bertz CT molecular complexity index is 632. The van der Waals surface area contributed by atoms with Gasteiger partial charge in [-0.1, -0.05) is 24.3 Å². The van der Waals surface area contributed by atoms with Crippen LogP contribution >= 0.6 is 0 Å². The summed E-state index contributed by atoms with van der Waals surface area (Å²) in [5, 5.41) is 0. The Morgan fingerprint density at radius 1 is 1.11 bits per heavy atom. The number of aromatic nitrogens is 1. The average Bonchev–Trinajstić information content (AvgIpc) is 2.66. The molecule has 1 aliphatic rings. The summed E-state index contributed by atoms with van der Waals surface area (Å²) in [6.07, 6.45) is 3.56. The Balaban J connectivity index is 2.14. The molecule has 1 amide bonds. The molecule has 0 saturated heterocycles. The van der Waals surface area contributed by atoms with Crippen molar-refractivity contribution in [2.24, 2.45) is 0 Å². The number of amides is 1. The van der Waals surface area contributed by atoms with Gasteiger partial charge in [0, 0.05) is 18.8 Å². The van der Waals surface area contributed by atoms with Gasteiger partial charge in [0.25, 0.3) is 5.91 Å². The smallest absolute Gasteiger partial charge is 0.258 e. The van der Waals surface area contributed by atoms with E-state index in [1.165, 1.54) is 0 Å². The van der Waals surface area contributed by atoms with Crippen LogP contribution in [0.15, 0.2) is 48.7 Å². The first-order chi connectivity index (χ1) is 8.77. The fourth-order valence-electron chi connectivity index (χ4n) is 2.15. The number of hydrogen-bond donors (Lipinski definition) is 0. The molecule has 1 aromatic carbocycles. The normalized spacial score (nSPS) is 16.2. The number of fused-ring (bicyclic) bond motifs is 1. The Labute approximate surface area is 105 Å². The lowest BCUT2D eigenvalue weighted by molar-refractivity contribution is -0.112. The molecule has 88 valence electrons. The van der Waals surface area contributed by atoms with Crippen molar-refractivity contribution >= 4 is 23.2 Å². The Morgan fingerprint density at radius 3 is 2.67 bits per heavy atom. The molecule has 2 heterocycles. The number of anilines is 1. The number of para-hydroxylation sites is 1. The van der Waals surface area contributed by atoms with Gasteiger partial charge in [-0.3, -0.25) is 9.78 Å². The molecule has 3 heteroatoms. The summed E-state index contributed by atoms with van der Waals surface area (Å²) in [7, 11) is 1.79. The van der Waals surface area contributed by atoms with E-state index in [1.807, 2.05) is 48.5 Å². The second-order valence-electron chi connectivity index (χ2n) is 4.19. The fraction of sp³-hybridized carbons (Fsp3) is 0.0667. The van der Waals surface area contributed by atoms with Crippen molar-refractivity contribution in [2.75, 3.05) is 11.9 Å². The van der Waals surface area contributed by atoms with Crippen LogP contribution in [0.1, 0.15) is 11.3 Å². The van der Waals surface area contributed by atoms with Gasteiger partial charge in [-0.25, -0.2) is 0 Å². The van der Waals surface area contributed by atoms with Crippen molar-refractivity contribution in [1.82, 2.24) is 4.98 Å². The summed E-state index contributed by atoms with van der Waals surface area (Å²) in [6, 6.07) is 13.5. The summed E-state index contributed by atoms with van der Waals surface area (Å²) < 4.78 is 0. The molecule has 0 radical (unpaired) electrons. The minimum Gasteiger partial charge on any atom is -0.311 e. The van der Waals surface area contributed by atoms with E-state index in [-0.39, 0.29) is 5.91 Å². The molecular weight excluding hydrogens is 224 g/mol. The molecule has 3 nitrogen and oxygen atoms in total. The van der Waals surface area contributed by atoms with Gasteiger partial charge >= 0.3 is 0 Å². The Hall–Kier alpha value is -2.42. The molecule has 0 bridgehead atoms. The number of pyridine rings is 1. The number of carbonyl (C=O) groups excluding carboxylic acids is 1. The third-order valence-corrected chi connectivity index (χ3v) is 3.07. The molecule has 1 aromatic heterocycles. The number of carbonyl (C=O) groups is 1. The molecular formula is C15H12N2O. The van der Waals surface area contributed by atoms with Crippen LogP contribution < -0.4 is 4.90 Å². The van der Waals surface area contributed by atoms with E-state index in [1.54, 1.807) is 18.1 Å². The highest BCUT2D eigenvalue weighted by molar-refractivity contribution is 6.35. The molecule has 2 aromatic rings. The minimum atomic E-state index is 0.0156. The lowest BCUT2D eigenvalue weighted by atomic mass is 10.1. The zero-order valence-electron chi connectivity index (χ0n) is 10.00. The zero-order valence-corrected chi connectivity index (χ0v) is 10.00. The summed E-state index contributed by atoms with van der Waals surface area (Å²) >= 11 is 0. The maximum atomic E-state index is 12.2. The number of likely N-dealkylation sites (N-methyl/N-ethyl adjacent to an activating group) is 1. The SMILES string of the molecule is CN1C(=O)C(=Cc2ccccn2)c2ccccc21. The largest absolute Gasteiger partial charge is 0.311 e. The predicted molar refractivity (Wildman–Crippen MR) is 72.0 cm³/mol. The third-order valence-electron chi connectivity index (χ3n) is 3.07. The monoisotopic (exact) mass is 236 g/mol. The van der Waals surface area contributed by atoms with E-state index in [4.69, 9.17) is 0 Å². The van der Waals surface area contributed by atoms with Gasteiger partial charge < -0.3 is 4.90 Å². The predicted octanol–water partition coefficient (Wildman–Crippen LogP) is 2.60. The van der Waals surface area contributed by atoms with Crippen molar-refractivity contribution in [3.63, 3.8) is 0 Å². The van der Waals surface area contributed by atoms with Gasteiger partial charge in [0.1, 0.15) is 0 Å². The van der Waals surface area contributed by atoms with Crippen LogP contribution in [0.3, 0.4) is 0 Å². The Kier molecular flexibility index (Phi) is 2.45. The summed E-state index contributed by atoms with van der Waals surface area (Å²) in [6.45, 7) is 0. The van der Waals surface area contributed by atoms with Crippen molar-refractivity contribution in [3.05, 3.63) is 59.9 Å². The van der Waals surface area contributed by atoms with Crippen molar-refractivity contribution < 1.29 is 4.79 Å². The van der Waals surface area contributed by atoms with E-state index in [0.29, 0.717) is 5.57 Å². The zero-order chi connectivity index (χ0) is 12.5. The molecule has 0 aliphatic carbocycles. The van der Waals surface area contributed by atoms with E-state index in [9.17, 15) is 4.79 Å². The highest BCUT2D eigenvalue weighted by Crippen LogP contribution is 2.36. The first-order valence-electron chi connectivity index (χ1n) is 5.77. The molecule has 0 N–H and O–H groups in total. The summed E-state index contributed by atoms with van der Waals surface area (Å²) in [5.41, 5.74) is 3.41. The molecule has 1 aliphatic heterocycles. The second-order valence-corrected chi connectivity index (χ2v) is 4.19. The third kappa shape index (κ3) is 1.61. The van der Waals surface area contributed by atoms with Gasteiger partial charge in [0.2, 0.25) is 0 Å². The van der Waals surface area contributed by atoms with Gasteiger partial charge in [0.05, 0.1) is 17.0 Å². The van der Waals surface area contributed by atoms with Crippen LogP contribution in [0.25, 0.3) is 11.6 Å². The van der Waals surface area contributed by atoms with Crippen molar-refractivity contribution in [1.29, 1.82) is 0 Å². The lowest BCUT2D eigenvalue weighted by Gasteiger charge is -2.07. The molecule has 0 fully saturated rings. The Morgan fingerprint density at radius 2 is 1.89 bits per heavy atom. The minimum absolute atomic E-state index is 0.0156. The fourth-order valence-corrected chi connectivity index (χ4v) is 2.15. The second kappa shape index (κ2) is 4.11. The summed E-state index contributed by atoms with van der Waals surface area (Å²) in [5.74, 6) is 0.0156. The molecule has 0 spiro atoms. The molecule has 0 saturated carbocycles. The van der Waals surface area contributed by atoms with Crippen molar-refractivity contribution in [2.45, 2.75) is 0 Å². The van der Waals surface area contributed by atoms with E-state index < -0.39 is 0 Å².